The minimum absolute atomic E-state index is 0.257. The molecule has 0 spiro atoms. The second kappa shape index (κ2) is 5.81. The van der Waals surface area contributed by atoms with Gasteiger partial charge < -0.3 is 15.3 Å². The van der Waals surface area contributed by atoms with Crippen LogP contribution in [0.4, 0.5) is 0 Å². The number of rotatable bonds is 1. The van der Waals surface area contributed by atoms with Crippen LogP contribution in [0.25, 0.3) is 0 Å². The summed E-state index contributed by atoms with van der Waals surface area (Å²) in [6.07, 6.45) is 9.88. The molecule has 3 heteroatoms. The fourth-order valence-corrected chi connectivity index (χ4v) is 7.69. The molecule has 3 N–H and O–H groups in total. The van der Waals surface area contributed by atoms with Crippen molar-refractivity contribution < 1.29 is 15.3 Å². The molecule has 0 bridgehead atoms. The third-order valence-corrected chi connectivity index (χ3v) is 9.13. The van der Waals surface area contributed by atoms with Crippen LogP contribution in [-0.2, 0) is 0 Å². The van der Waals surface area contributed by atoms with Gasteiger partial charge in [-0.15, -0.1) is 0 Å². The van der Waals surface area contributed by atoms with Gasteiger partial charge in [0.15, 0.2) is 0 Å². The summed E-state index contributed by atoms with van der Waals surface area (Å²) in [5, 5.41) is 32.6. The van der Waals surface area contributed by atoms with E-state index < -0.39 is 17.8 Å². The van der Waals surface area contributed by atoms with Gasteiger partial charge in [0.2, 0.25) is 0 Å². The molecule has 1 unspecified atom stereocenters. The highest BCUT2D eigenvalue weighted by atomic mass is 16.3. The quantitative estimate of drug-likeness (QED) is 0.632. The molecular weight excluding hydrogens is 312 g/mol. The van der Waals surface area contributed by atoms with Gasteiger partial charge in [-0.2, -0.15) is 0 Å². The molecule has 0 radical (unpaired) electrons. The van der Waals surface area contributed by atoms with Gasteiger partial charge in [-0.05, 0) is 74.5 Å². The Kier molecular flexibility index (Phi) is 4.18. The number of aliphatic hydroxyl groups is 3. The zero-order valence-electron chi connectivity index (χ0n) is 16.2. The number of hydrogen-bond acceptors (Lipinski definition) is 3. The Hall–Kier alpha value is -0.380. The summed E-state index contributed by atoms with van der Waals surface area (Å²) in [5.74, 6) is 1.64. The van der Waals surface area contributed by atoms with Gasteiger partial charge in [0.05, 0.1) is 17.8 Å². The van der Waals surface area contributed by atoms with Gasteiger partial charge in [-0.3, -0.25) is 0 Å². The number of hydrogen-bond donors (Lipinski definition) is 3. The maximum atomic E-state index is 11.4. The van der Waals surface area contributed by atoms with Crippen LogP contribution in [0.2, 0.25) is 0 Å². The summed E-state index contributed by atoms with van der Waals surface area (Å²) in [7, 11) is 0. The van der Waals surface area contributed by atoms with E-state index in [9.17, 15) is 15.3 Å². The zero-order chi connectivity index (χ0) is 18.0. The normalized spacial score (nSPS) is 57.0. The topological polar surface area (TPSA) is 60.7 Å². The van der Waals surface area contributed by atoms with E-state index in [4.69, 9.17) is 0 Å². The second-order valence-corrected chi connectivity index (χ2v) is 10.00. The molecule has 4 saturated carbocycles. The van der Waals surface area contributed by atoms with E-state index in [2.05, 4.69) is 26.8 Å². The molecule has 0 aromatic heterocycles. The Morgan fingerprint density at radius 3 is 2.56 bits per heavy atom. The summed E-state index contributed by atoms with van der Waals surface area (Å²) in [5.41, 5.74) is 0.586. The molecule has 4 fully saturated rings. The van der Waals surface area contributed by atoms with Gasteiger partial charge >= 0.3 is 0 Å². The largest absolute Gasteiger partial charge is 0.393 e. The first-order valence-corrected chi connectivity index (χ1v) is 10.5. The molecule has 8 atom stereocenters. The fraction of sp³-hybridized carbons (Fsp3) is 0.909. The van der Waals surface area contributed by atoms with Gasteiger partial charge in [-0.25, -0.2) is 0 Å². The Labute approximate surface area is 152 Å². The smallest absolute Gasteiger partial charge is 0.0985 e. The summed E-state index contributed by atoms with van der Waals surface area (Å²) in [6, 6.07) is 0. The van der Waals surface area contributed by atoms with E-state index in [0.717, 1.165) is 25.7 Å². The summed E-state index contributed by atoms with van der Waals surface area (Å²) >= 11 is 0. The van der Waals surface area contributed by atoms with E-state index in [-0.39, 0.29) is 5.41 Å². The van der Waals surface area contributed by atoms with Gasteiger partial charge in [0, 0.05) is 11.8 Å². The fourth-order valence-electron chi connectivity index (χ4n) is 7.69. The summed E-state index contributed by atoms with van der Waals surface area (Å²) < 4.78 is 0. The van der Waals surface area contributed by atoms with Crippen LogP contribution in [0, 0.1) is 28.6 Å². The molecule has 4 rings (SSSR count). The maximum absolute atomic E-state index is 11.4. The van der Waals surface area contributed by atoms with E-state index in [1.807, 2.05) is 0 Å². The predicted octanol–water partition coefficient (Wildman–Crippen LogP) is 3.81. The zero-order valence-corrected chi connectivity index (χ0v) is 16.2. The Balaban J connectivity index is 1.70. The van der Waals surface area contributed by atoms with Crippen molar-refractivity contribution in [3.8, 4) is 0 Å². The van der Waals surface area contributed by atoms with Crippen molar-refractivity contribution in [1.82, 2.24) is 0 Å². The minimum atomic E-state index is -1.11. The first-order valence-electron chi connectivity index (χ1n) is 10.5. The number of fused-ring (bicyclic) bond motifs is 5. The lowest BCUT2D eigenvalue weighted by atomic mass is 9.43. The van der Waals surface area contributed by atoms with Crippen molar-refractivity contribution in [1.29, 1.82) is 0 Å². The van der Waals surface area contributed by atoms with Crippen molar-refractivity contribution in [2.45, 2.75) is 96.4 Å². The molecule has 25 heavy (non-hydrogen) atoms. The number of allylic oxidation sites excluding steroid dienone is 2. The summed E-state index contributed by atoms with van der Waals surface area (Å²) in [6.45, 7) is 6.90. The van der Waals surface area contributed by atoms with E-state index >= 15 is 0 Å². The summed E-state index contributed by atoms with van der Waals surface area (Å²) in [4.78, 5) is 0. The molecule has 3 nitrogen and oxygen atoms in total. The Bertz CT molecular complexity index is 572. The third-order valence-electron chi connectivity index (χ3n) is 9.13. The van der Waals surface area contributed by atoms with Crippen molar-refractivity contribution in [3.63, 3.8) is 0 Å². The predicted molar refractivity (Wildman–Crippen MR) is 99.0 cm³/mol. The molecule has 0 saturated heterocycles. The van der Waals surface area contributed by atoms with Crippen LogP contribution in [0.5, 0.6) is 0 Å². The highest BCUT2D eigenvalue weighted by molar-refractivity contribution is 5.25. The maximum Gasteiger partial charge on any atom is 0.0985 e. The lowest BCUT2D eigenvalue weighted by Gasteiger charge is -2.65. The van der Waals surface area contributed by atoms with Crippen LogP contribution in [0.3, 0.4) is 0 Å². The standard InChI is InChI=1S/C22H36O3/c1-4-5-14-6-7-17-16-12-19(24)22(25)13-15(23)8-11-21(22,3)18(16)9-10-20(14,17)2/h5,15-19,23-25H,4,6-13H2,1-3H3/t15-,16-,17-,18-,19+,20+,21+,22?/m0/s1. The van der Waals surface area contributed by atoms with Crippen LogP contribution in [0.1, 0.15) is 78.6 Å². The van der Waals surface area contributed by atoms with Crippen molar-refractivity contribution in [2.24, 2.45) is 28.6 Å². The molecule has 0 aromatic carbocycles. The highest BCUT2D eigenvalue weighted by Gasteiger charge is 2.66. The van der Waals surface area contributed by atoms with Crippen molar-refractivity contribution >= 4 is 0 Å². The van der Waals surface area contributed by atoms with E-state index in [1.54, 1.807) is 5.57 Å². The van der Waals surface area contributed by atoms with E-state index in [0.29, 0.717) is 36.0 Å². The minimum Gasteiger partial charge on any atom is -0.393 e. The van der Waals surface area contributed by atoms with Crippen molar-refractivity contribution in [3.05, 3.63) is 11.6 Å². The van der Waals surface area contributed by atoms with Crippen LogP contribution >= 0.6 is 0 Å². The van der Waals surface area contributed by atoms with Crippen molar-refractivity contribution in [2.75, 3.05) is 0 Å². The molecule has 4 aliphatic carbocycles. The van der Waals surface area contributed by atoms with Crippen LogP contribution in [-0.4, -0.2) is 33.1 Å². The van der Waals surface area contributed by atoms with Gasteiger partial charge in [-0.1, -0.05) is 32.4 Å². The monoisotopic (exact) mass is 348 g/mol. The molecule has 142 valence electrons. The second-order valence-electron chi connectivity index (χ2n) is 10.00. The van der Waals surface area contributed by atoms with Crippen LogP contribution < -0.4 is 0 Å². The molecule has 0 aromatic rings. The first-order chi connectivity index (χ1) is 11.8. The average molecular weight is 349 g/mol. The highest BCUT2D eigenvalue weighted by Crippen LogP contribution is 2.68. The number of aliphatic hydroxyl groups excluding tert-OH is 2. The molecule has 0 heterocycles. The van der Waals surface area contributed by atoms with Crippen LogP contribution in [0.15, 0.2) is 11.6 Å². The lowest BCUT2D eigenvalue weighted by Crippen LogP contribution is -2.68. The Morgan fingerprint density at radius 2 is 1.84 bits per heavy atom. The van der Waals surface area contributed by atoms with Gasteiger partial charge in [0.25, 0.3) is 0 Å². The van der Waals surface area contributed by atoms with Gasteiger partial charge in [0.1, 0.15) is 0 Å². The van der Waals surface area contributed by atoms with E-state index in [1.165, 1.54) is 19.3 Å². The SMILES string of the molecule is CCC=C1CC[C@H]2[C@@H]3C[C@@H](O)C4(O)C[C@@H](O)CC[C@]4(C)[C@H]3CC[C@]12C. The first kappa shape index (κ1) is 18.0. The average Bonchev–Trinajstić information content (AvgIpc) is 2.88. The molecular formula is C22H36O3. The Morgan fingerprint density at radius 1 is 1.08 bits per heavy atom. The molecule has 4 aliphatic rings. The molecule has 0 aliphatic heterocycles. The third kappa shape index (κ3) is 2.28. The lowest BCUT2D eigenvalue weighted by molar-refractivity contribution is -0.262. The molecule has 0 amide bonds.